The van der Waals surface area contributed by atoms with Crippen molar-refractivity contribution in [3.05, 3.63) is 95.6 Å². The van der Waals surface area contributed by atoms with E-state index in [0.717, 1.165) is 19.3 Å². The molecular formula is C24H24NO+. The van der Waals surface area contributed by atoms with Crippen LogP contribution in [0.4, 0.5) is 0 Å². The van der Waals surface area contributed by atoms with Crippen molar-refractivity contribution < 1.29 is 10.1 Å². The highest BCUT2D eigenvalue weighted by molar-refractivity contribution is 5.97. The van der Waals surface area contributed by atoms with Crippen LogP contribution in [0, 0.1) is 0 Å². The standard InChI is InChI=1S/C24H23NO/c1-25-23(26)24(17-9-12-18-10-3-2-4-11-18)21-15-7-5-13-19(21)20-14-6-8-16-22(20)24/h2-8,10-11,13-16H,9,12,17H2,1H3,(H,25,26)/p+1. The monoisotopic (exact) mass is 342 g/mol. The molecule has 0 radical (unpaired) electrons. The zero-order chi connectivity index (χ0) is 18.0. The predicted octanol–water partition coefficient (Wildman–Crippen LogP) is 3.64. The molecule has 1 aliphatic carbocycles. The fraction of sp³-hybridized carbons (Fsp3) is 0.208. The molecule has 0 aromatic heterocycles. The van der Waals surface area contributed by atoms with E-state index in [4.69, 9.17) is 0 Å². The van der Waals surface area contributed by atoms with Gasteiger partial charge < -0.3 is 5.11 Å². The van der Waals surface area contributed by atoms with Crippen molar-refractivity contribution in [1.82, 2.24) is 0 Å². The molecule has 130 valence electrons. The number of rotatable bonds is 5. The molecule has 0 bridgehead atoms. The smallest absolute Gasteiger partial charge is 0.347 e. The van der Waals surface area contributed by atoms with Gasteiger partial charge in [-0.15, -0.1) is 0 Å². The van der Waals surface area contributed by atoms with Gasteiger partial charge in [0.25, 0.3) is 0 Å². The van der Waals surface area contributed by atoms with Gasteiger partial charge in [-0.25, -0.2) is 4.99 Å². The lowest BCUT2D eigenvalue weighted by molar-refractivity contribution is -0.434. The van der Waals surface area contributed by atoms with E-state index >= 15 is 0 Å². The number of nitrogens with one attached hydrogen (secondary N) is 1. The van der Waals surface area contributed by atoms with E-state index in [0.29, 0.717) is 5.90 Å². The molecule has 0 unspecified atom stereocenters. The highest BCUT2D eigenvalue weighted by atomic mass is 16.3. The minimum absolute atomic E-state index is 0.336. The van der Waals surface area contributed by atoms with Crippen LogP contribution in [0.5, 0.6) is 0 Å². The van der Waals surface area contributed by atoms with Crippen molar-refractivity contribution in [2.75, 3.05) is 7.05 Å². The topological polar surface area (TPSA) is 34.2 Å². The zero-order valence-electron chi connectivity index (χ0n) is 15.1. The van der Waals surface area contributed by atoms with Gasteiger partial charge in [0.1, 0.15) is 12.5 Å². The Morgan fingerprint density at radius 2 is 1.35 bits per heavy atom. The van der Waals surface area contributed by atoms with Crippen LogP contribution in [-0.2, 0) is 11.8 Å². The van der Waals surface area contributed by atoms with Gasteiger partial charge in [0, 0.05) is 0 Å². The highest BCUT2D eigenvalue weighted by Crippen LogP contribution is 2.51. The van der Waals surface area contributed by atoms with E-state index in [2.05, 4.69) is 83.9 Å². The molecule has 0 aliphatic heterocycles. The second kappa shape index (κ2) is 6.80. The van der Waals surface area contributed by atoms with Gasteiger partial charge in [-0.3, -0.25) is 0 Å². The van der Waals surface area contributed by atoms with Crippen molar-refractivity contribution >= 4 is 5.90 Å². The van der Waals surface area contributed by atoms with Crippen LogP contribution in [0.15, 0.2) is 78.9 Å². The first-order valence-electron chi connectivity index (χ1n) is 9.25. The molecule has 2 nitrogen and oxygen atoms in total. The number of aryl methyl sites for hydroxylation is 1. The van der Waals surface area contributed by atoms with Gasteiger partial charge in [-0.2, -0.15) is 0 Å². The largest absolute Gasteiger partial charge is 0.463 e. The normalized spacial score (nSPS) is 14.7. The Morgan fingerprint density at radius 1 is 0.808 bits per heavy atom. The number of benzene rings is 3. The van der Waals surface area contributed by atoms with Gasteiger partial charge in [0.2, 0.25) is 0 Å². The van der Waals surface area contributed by atoms with Crippen molar-refractivity contribution in [2.45, 2.75) is 24.7 Å². The van der Waals surface area contributed by atoms with E-state index in [1.54, 1.807) is 7.05 Å². The molecule has 0 heterocycles. The molecule has 2 N–H and O–H groups in total. The van der Waals surface area contributed by atoms with Gasteiger partial charge in [0.05, 0.1) is 0 Å². The van der Waals surface area contributed by atoms with Crippen LogP contribution in [0.1, 0.15) is 29.5 Å². The SMILES string of the molecule is C[NH+]=C(O)C1(CCCc2ccccc2)c2ccccc2-c2ccccc21. The Kier molecular flexibility index (Phi) is 4.34. The van der Waals surface area contributed by atoms with E-state index in [1.807, 2.05) is 0 Å². The molecule has 1 aliphatic rings. The summed E-state index contributed by atoms with van der Waals surface area (Å²) in [6, 6.07) is 27.5. The molecule has 0 atom stereocenters. The van der Waals surface area contributed by atoms with E-state index < -0.39 is 5.41 Å². The summed E-state index contributed by atoms with van der Waals surface area (Å²) in [6.45, 7) is 0. The summed E-state index contributed by atoms with van der Waals surface area (Å²) >= 11 is 0. The number of hydrogen-bond donors (Lipinski definition) is 2. The van der Waals surface area contributed by atoms with Gasteiger partial charge in [-0.1, -0.05) is 78.9 Å². The number of fused-ring (bicyclic) bond motifs is 3. The molecular weight excluding hydrogens is 318 g/mol. The summed E-state index contributed by atoms with van der Waals surface area (Å²) in [4.78, 5) is 3.05. The van der Waals surface area contributed by atoms with Crippen molar-refractivity contribution in [3.8, 4) is 11.1 Å². The summed E-state index contributed by atoms with van der Waals surface area (Å²) in [5.41, 5.74) is 5.69. The second-order valence-corrected chi connectivity index (χ2v) is 6.93. The maximum atomic E-state index is 11.0. The van der Waals surface area contributed by atoms with Gasteiger partial charge in [-0.05, 0) is 47.1 Å². The minimum atomic E-state index is -0.489. The fourth-order valence-electron chi connectivity index (χ4n) is 4.38. The number of aliphatic hydroxyl groups excluding tert-OH is 1. The number of aliphatic hydroxyl groups is 1. The third-order valence-corrected chi connectivity index (χ3v) is 5.56. The lowest BCUT2D eigenvalue weighted by Crippen LogP contribution is -2.72. The van der Waals surface area contributed by atoms with Crippen molar-refractivity contribution in [3.63, 3.8) is 0 Å². The maximum Gasteiger partial charge on any atom is 0.347 e. The molecule has 3 aromatic rings. The van der Waals surface area contributed by atoms with Crippen LogP contribution in [0.2, 0.25) is 0 Å². The van der Waals surface area contributed by atoms with Crippen LogP contribution >= 0.6 is 0 Å². The third-order valence-electron chi connectivity index (χ3n) is 5.56. The molecule has 0 saturated carbocycles. The number of hydrogen-bond acceptors (Lipinski definition) is 0. The van der Waals surface area contributed by atoms with Crippen LogP contribution < -0.4 is 4.99 Å². The summed E-state index contributed by atoms with van der Waals surface area (Å²) in [7, 11) is 1.80. The summed E-state index contributed by atoms with van der Waals surface area (Å²) in [5.74, 6) is 0.336. The van der Waals surface area contributed by atoms with Crippen molar-refractivity contribution in [2.24, 2.45) is 0 Å². The Hall–Kier alpha value is -2.87. The summed E-state index contributed by atoms with van der Waals surface area (Å²) in [5, 5.41) is 11.0. The third kappa shape index (κ3) is 2.53. The summed E-state index contributed by atoms with van der Waals surface area (Å²) in [6.07, 6.45) is 2.87. The first-order valence-corrected chi connectivity index (χ1v) is 9.25. The Balaban J connectivity index is 1.77. The lowest BCUT2D eigenvalue weighted by Gasteiger charge is -2.26. The van der Waals surface area contributed by atoms with E-state index in [1.165, 1.54) is 27.8 Å². The average molecular weight is 342 g/mol. The quantitative estimate of drug-likeness (QED) is 0.539. The van der Waals surface area contributed by atoms with E-state index in [-0.39, 0.29) is 0 Å². The first-order chi connectivity index (χ1) is 12.8. The van der Waals surface area contributed by atoms with Crippen LogP contribution in [0.3, 0.4) is 0 Å². The minimum Gasteiger partial charge on any atom is -0.463 e. The average Bonchev–Trinajstić information content (AvgIpc) is 3.00. The molecule has 4 rings (SSSR count). The molecule has 0 saturated heterocycles. The van der Waals surface area contributed by atoms with Crippen LogP contribution in [0.25, 0.3) is 11.1 Å². The molecule has 0 amide bonds. The van der Waals surface area contributed by atoms with E-state index in [9.17, 15) is 5.11 Å². The first kappa shape index (κ1) is 16.6. The lowest BCUT2D eigenvalue weighted by atomic mass is 9.73. The predicted molar refractivity (Wildman–Crippen MR) is 107 cm³/mol. The summed E-state index contributed by atoms with van der Waals surface area (Å²) < 4.78 is 0. The second-order valence-electron chi connectivity index (χ2n) is 6.93. The van der Waals surface area contributed by atoms with Crippen LogP contribution in [-0.4, -0.2) is 18.1 Å². The maximum absolute atomic E-state index is 11.0. The molecule has 3 aromatic carbocycles. The fourth-order valence-corrected chi connectivity index (χ4v) is 4.38. The molecule has 26 heavy (non-hydrogen) atoms. The zero-order valence-corrected chi connectivity index (χ0v) is 15.1. The highest BCUT2D eigenvalue weighted by Gasteiger charge is 2.50. The molecule has 2 heteroatoms. The molecule has 0 fully saturated rings. The Bertz CT molecular complexity index is 898. The molecule has 0 spiro atoms. The van der Waals surface area contributed by atoms with Gasteiger partial charge in [0.15, 0.2) is 0 Å². The van der Waals surface area contributed by atoms with Crippen molar-refractivity contribution in [1.29, 1.82) is 0 Å². The Morgan fingerprint density at radius 3 is 1.92 bits per heavy atom. The van der Waals surface area contributed by atoms with Gasteiger partial charge >= 0.3 is 5.90 Å². The Labute approximate surface area is 154 Å².